The van der Waals surface area contributed by atoms with Crippen LogP contribution in [0.25, 0.3) is 0 Å². The number of carbonyl (C=O) groups is 2. The van der Waals surface area contributed by atoms with Gasteiger partial charge >= 0.3 is 0 Å². The van der Waals surface area contributed by atoms with E-state index < -0.39 is 0 Å². The second-order valence-corrected chi connectivity index (χ2v) is 9.35. The van der Waals surface area contributed by atoms with Crippen molar-refractivity contribution in [1.29, 1.82) is 0 Å². The van der Waals surface area contributed by atoms with E-state index in [1.807, 2.05) is 0 Å². The number of piperazine rings is 1. The molecule has 1 saturated heterocycles. The van der Waals surface area contributed by atoms with Crippen molar-refractivity contribution < 1.29 is 19.1 Å². The molecule has 2 fully saturated rings. The van der Waals surface area contributed by atoms with Gasteiger partial charge in [-0.15, -0.1) is 0 Å². The fourth-order valence-electron chi connectivity index (χ4n) is 5.11. The van der Waals surface area contributed by atoms with E-state index in [4.69, 9.17) is 9.47 Å². The zero-order valence-corrected chi connectivity index (χ0v) is 19.3. The zero-order valence-electron chi connectivity index (χ0n) is 19.3. The third-order valence-corrected chi connectivity index (χ3v) is 7.19. The Kier molecular flexibility index (Phi) is 7.90. The number of fused-ring (bicyclic) bond motifs is 1. The van der Waals surface area contributed by atoms with Gasteiger partial charge in [-0.05, 0) is 49.8 Å². The number of carbonyl (C=O) groups excluding carboxylic acids is 2. The molecular formula is C25H37N3O4. The zero-order chi connectivity index (χ0) is 22.3. The molecule has 2 amide bonds. The average molecular weight is 444 g/mol. The largest absolute Gasteiger partial charge is 0.454 e. The highest BCUT2D eigenvalue weighted by Crippen LogP contribution is 2.33. The number of nitrogens with one attached hydrogen (secondary N) is 1. The van der Waals surface area contributed by atoms with Gasteiger partial charge in [0.1, 0.15) is 0 Å². The van der Waals surface area contributed by atoms with Gasteiger partial charge in [-0.1, -0.05) is 26.2 Å². The van der Waals surface area contributed by atoms with Gasteiger partial charge in [0, 0.05) is 50.7 Å². The van der Waals surface area contributed by atoms with Crippen LogP contribution in [0.15, 0.2) is 18.2 Å². The Hall–Kier alpha value is -2.28. The smallest absolute Gasteiger partial charge is 0.251 e. The van der Waals surface area contributed by atoms with Gasteiger partial charge in [0.2, 0.25) is 12.7 Å². The molecule has 1 aromatic carbocycles. The first-order chi connectivity index (χ1) is 15.6. The third-order valence-electron chi connectivity index (χ3n) is 7.19. The first kappa shape index (κ1) is 22.9. The number of ether oxygens (including phenoxy) is 2. The van der Waals surface area contributed by atoms with Crippen molar-refractivity contribution in [2.75, 3.05) is 46.1 Å². The summed E-state index contributed by atoms with van der Waals surface area (Å²) >= 11 is 0. The Morgan fingerprint density at radius 3 is 2.53 bits per heavy atom. The van der Waals surface area contributed by atoms with Crippen molar-refractivity contribution >= 4 is 11.8 Å². The Morgan fingerprint density at radius 2 is 1.78 bits per heavy atom. The van der Waals surface area contributed by atoms with Crippen molar-refractivity contribution in [2.24, 2.45) is 11.8 Å². The molecule has 3 aliphatic rings. The highest BCUT2D eigenvalue weighted by atomic mass is 16.7. The summed E-state index contributed by atoms with van der Waals surface area (Å²) in [7, 11) is 0. The van der Waals surface area contributed by atoms with Gasteiger partial charge in [0.15, 0.2) is 11.5 Å². The Balaban J connectivity index is 1.13. The minimum absolute atomic E-state index is 0.105. The molecule has 2 aliphatic heterocycles. The third kappa shape index (κ3) is 5.74. The summed E-state index contributed by atoms with van der Waals surface area (Å²) in [4.78, 5) is 29.8. The maximum Gasteiger partial charge on any atom is 0.251 e. The van der Waals surface area contributed by atoms with Crippen molar-refractivity contribution in [3.8, 4) is 11.5 Å². The van der Waals surface area contributed by atoms with E-state index in [2.05, 4.69) is 22.0 Å². The van der Waals surface area contributed by atoms with Crippen LogP contribution >= 0.6 is 0 Å². The quantitative estimate of drug-likeness (QED) is 0.668. The molecule has 4 rings (SSSR count). The SMILES string of the molecule is CCCCC1CCC(C(=O)N2CCN(CCNC(=O)c3ccc4c(c3)OCO4)CC2)CC1. The average Bonchev–Trinajstić information content (AvgIpc) is 3.31. The summed E-state index contributed by atoms with van der Waals surface area (Å²) in [6.07, 6.45) is 8.51. The van der Waals surface area contributed by atoms with Gasteiger partial charge < -0.3 is 19.7 Å². The molecule has 0 bridgehead atoms. The molecule has 0 unspecified atom stereocenters. The molecule has 1 saturated carbocycles. The second-order valence-electron chi connectivity index (χ2n) is 9.35. The molecule has 2 heterocycles. The predicted molar refractivity (Wildman–Crippen MR) is 123 cm³/mol. The van der Waals surface area contributed by atoms with E-state index in [9.17, 15) is 9.59 Å². The number of benzene rings is 1. The van der Waals surface area contributed by atoms with Crippen LogP contribution in [-0.4, -0.2) is 67.7 Å². The fourth-order valence-corrected chi connectivity index (χ4v) is 5.11. The summed E-state index contributed by atoms with van der Waals surface area (Å²) in [5.41, 5.74) is 0.578. The molecule has 1 N–H and O–H groups in total. The highest BCUT2D eigenvalue weighted by Gasteiger charge is 2.30. The lowest BCUT2D eigenvalue weighted by Gasteiger charge is -2.38. The van der Waals surface area contributed by atoms with Crippen LogP contribution in [0.1, 0.15) is 62.2 Å². The molecular weight excluding hydrogens is 406 g/mol. The van der Waals surface area contributed by atoms with E-state index in [1.54, 1.807) is 18.2 Å². The first-order valence-electron chi connectivity index (χ1n) is 12.3. The van der Waals surface area contributed by atoms with Gasteiger partial charge in [-0.2, -0.15) is 0 Å². The van der Waals surface area contributed by atoms with E-state index in [0.29, 0.717) is 29.5 Å². The molecule has 1 aromatic rings. The van der Waals surface area contributed by atoms with Crippen molar-refractivity contribution in [1.82, 2.24) is 15.1 Å². The van der Waals surface area contributed by atoms with Crippen LogP contribution < -0.4 is 14.8 Å². The number of nitrogens with zero attached hydrogens (tertiary/aromatic N) is 2. The summed E-state index contributed by atoms with van der Waals surface area (Å²) in [5.74, 6) is 2.64. The van der Waals surface area contributed by atoms with Gasteiger partial charge in [0.25, 0.3) is 5.91 Å². The van der Waals surface area contributed by atoms with Crippen LogP contribution in [0.3, 0.4) is 0 Å². The molecule has 176 valence electrons. The number of unbranched alkanes of at least 4 members (excludes halogenated alkanes) is 1. The monoisotopic (exact) mass is 443 g/mol. The lowest BCUT2D eigenvalue weighted by Crippen LogP contribution is -2.51. The Bertz CT molecular complexity index is 783. The van der Waals surface area contributed by atoms with Gasteiger partial charge in [-0.25, -0.2) is 0 Å². The van der Waals surface area contributed by atoms with Gasteiger partial charge in [-0.3, -0.25) is 14.5 Å². The lowest BCUT2D eigenvalue weighted by molar-refractivity contribution is -0.138. The molecule has 32 heavy (non-hydrogen) atoms. The van der Waals surface area contributed by atoms with E-state index in [0.717, 1.165) is 51.5 Å². The maximum absolute atomic E-state index is 13.0. The lowest BCUT2D eigenvalue weighted by atomic mass is 9.79. The van der Waals surface area contributed by atoms with Crippen LogP contribution in [0.2, 0.25) is 0 Å². The minimum Gasteiger partial charge on any atom is -0.454 e. The standard InChI is InChI=1S/C25H37N3O4/c1-2-3-4-19-5-7-20(8-6-19)25(30)28-15-13-27(14-16-28)12-11-26-24(29)21-9-10-22-23(17-21)32-18-31-22/h9-10,17,19-20H,2-8,11-16,18H2,1H3,(H,26,29). The van der Waals surface area contributed by atoms with Crippen molar-refractivity contribution in [2.45, 2.75) is 51.9 Å². The molecule has 0 spiro atoms. The van der Waals surface area contributed by atoms with Crippen molar-refractivity contribution in [3.63, 3.8) is 0 Å². The number of amides is 2. The predicted octanol–water partition coefficient (Wildman–Crippen LogP) is 3.29. The molecule has 7 heteroatoms. The molecule has 0 atom stereocenters. The van der Waals surface area contributed by atoms with Crippen LogP contribution in [0.4, 0.5) is 0 Å². The topological polar surface area (TPSA) is 71.1 Å². The fraction of sp³-hybridized carbons (Fsp3) is 0.680. The summed E-state index contributed by atoms with van der Waals surface area (Å²) in [6, 6.07) is 5.25. The van der Waals surface area contributed by atoms with E-state index in [-0.39, 0.29) is 18.6 Å². The van der Waals surface area contributed by atoms with E-state index >= 15 is 0 Å². The summed E-state index contributed by atoms with van der Waals surface area (Å²) < 4.78 is 10.6. The second kappa shape index (κ2) is 11.0. The van der Waals surface area contributed by atoms with Crippen LogP contribution in [-0.2, 0) is 4.79 Å². The maximum atomic E-state index is 13.0. The summed E-state index contributed by atoms with van der Waals surface area (Å²) in [5, 5.41) is 2.98. The highest BCUT2D eigenvalue weighted by molar-refractivity contribution is 5.94. The molecule has 0 aromatic heterocycles. The minimum atomic E-state index is -0.105. The molecule has 0 radical (unpaired) electrons. The van der Waals surface area contributed by atoms with E-state index in [1.165, 1.54) is 32.1 Å². The van der Waals surface area contributed by atoms with Crippen LogP contribution in [0.5, 0.6) is 11.5 Å². The number of rotatable bonds is 8. The number of hydrogen-bond donors (Lipinski definition) is 1. The molecule has 1 aliphatic carbocycles. The first-order valence-corrected chi connectivity index (χ1v) is 12.3. The summed E-state index contributed by atoms with van der Waals surface area (Å²) in [6.45, 7) is 7.17. The van der Waals surface area contributed by atoms with Crippen LogP contribution in [0, 0.1) is 11.8 Å². The van der Waals surface area contributed by atoms with Gasteiger partial charge in [0.05, 0.1) is 0 Å². The normalized spacial score (nSPS) is 23.2. The Labute approximate surface area is 191 Å². The Morgan fingerprint density at radius 1 is 1.03 bits per heavy atom. The van der Waals surface area contributed by atoms with Crippen molar-refractivity contribution in [3.05, 3.63) is 23.8 Å². The molecule has 7 nitrogen and oxygen atoms in total. The number of hydrogen-bond acceptors (Lipinski definition) is 5.